The second-order valence-electron chi connectivity index (χ2n) is 4.16. The van der Waals surface area contributed by atoms with Crippen molar-refractivity contribution in [1.82, 2.24) is 0 Å². The molecular weight excluding hydrogens is 216 g/mol. The summed E-state index contributed by atoms with van der Waals surface area (Å²) in [7, 11) is 0. The number of carboxylic acids is 1. The number of aliphatic carboxylic acids is 1. The lowest BCUT2D eigenvalue weighted by atomic mass is 10.1. The van der Waals surface area contributed by atoms with Gasteiger partial charge in [-0.15, -0.1) is 0 Å². The number of carboxylic acid groups (broad SMARTS) is 1. The summed E-state index contributed by atoms with van der Waals surface area (Å²) in [5, 5.41) is 8.80. The minimum Gasteiger partial charge on any atom is -0.481 e. The molecule has 0 aliphatic carbocycles. The summed E-state index contributed by atoms with van der Waals surface area (Å²) >= 11 is 0. The van der Waals surface area contributed by atoms with Gasteiger partial charge in [0.1, 0.15) is 0 Å². The SMILES string of the molecule is CCCC[C@@H](CC(=O)O)OCc1ccccc1. The van der Waals surface area contributed by atoms with E-state index in [9.17, 15) is 4.79 Å². The Bertz CT molecular complexity index is 321. The van der Waals surface area contributed by atoms with Gasteiger partial charge in [0.15, 0.2) is 0 Å². The summed E-state index contributed by atoms with van der Waals surface area (Å²) in [6, 6.07) is 9.83. The fourth-order valence-electron chi connectivity index (χ4n) is 1.66. The van der Waals surface area contributed by atoms with Gasteiger partial charge in [0, 0.05) is 0 Å². The van der Waals surface area contributed by atoms with Gasteiger partial charge in [-0.1, -0.05) is 50.1 Å². The third kappa shape index (κ3) is 6.07. The summed E-state index contributed by atoms with van der Waals surface area (Å²) < 4.78 is 5.66. The Morgan fingerprint density at radius 1 is 1.35 bits per heavy atom. The van der Waals surface area contributed by atoms with Gasteiger partial charge in [-0.2, -0.15) is 0 Å². The van der Waals surface area contributed by atoms with Gasteiger partial charge in [-0.25, -0.2) is 0 Å². The van der Waals surface area contributed by atoms with Crippen molar-refractivity contribution >= 4 is 5.97 Å². The van der Waals surface area contributed by atoms with E-state index in [1.165, 1.54) is 0 Å². The van der Waals surface area contributed by atoms with E-state index in [1.54, 1.807) is 0 Å². The molecule has 0 saturated carbocycles. The molecule has 0 unspecified atom stereocenters. The molecule has 0 bridgehead atoms. The van der Waals surface area contributed by atoms with E-state index < -0.39 is 5.97 Å². The molecule has 3 heteroatoms. The highest BCUT2D eigenvalue weighted by Gasteiger charge is 2.13. The first-order chi connectivity index (χ1) is 8.22. The van der Waals surface area contributed by atoms with E-state index in [-0.39, 0.29) is 12.5 Å². The molecule has 0 amide bonds. The first kappa shape index (κ1) is 13.7. The molecule has 0 aliphatic rings. The van der Waals surface area contributed by atoms with Crippen LogP contribution in [0.15, 0.2) is 30.3 Å². The third-order valence-corrected chi connectivity index (χ3v) is 2.61. The molecule has 1 N–H and O–H groups in total. The number of unbranched alkanes of at least 4 members (excludes halogenated alkanes) is 1. The topological polar surface area (TPSA) is 46.5 Å². The highest BCUT2D eigenvalue weighted by Crippen LogP contribution is 2.12. The van der Waals surface area contributed by atoms with Gasteiger partial charge in [-0.05, 0) is 12.0 Å². The molecule has 0 aromatic heterocycles. The van der Waals surface area contributed by atoms with Crippen molar-refractivity contribution in [3.8, 4) is 0 Å². The maximum absolute atomic E-state index is 10.7. The van der Waals surface area contributed by atoms with Crippen LogP contribution < -0.4 is 0 Å². The Balaban J connectivity index is 2.40. The monoisotopic (exact) mass is 236 g/mol. The molecule has 0 radical (unpaired) electrons. The summed E-state index contributed by atoms with van der Waals surface area (Å²) in [5.41, 5.74) is 1.08. The smallest absolute Gasteiger partial charge is 0.305 e. The molecule has 0 aliphatic heterocycles. The predicted octanol–water partition coefficient (Wildman–Crippen LogP) is 3.24. The normalized spacial score (nSPS) is 12.3. The molecule has 17 heavy (non-hydrogen) atoms. The predicted molar refractivity (Wildman–Crippen MR) is 66.8 cm³/mol. The first-order valence-corrected chi connectivity index (χ1v) is 6.09. The van der Waals surface area contributed by atoms with Crippen molar-refractivity contribution in [2.75, 3.05) is 0 Å². The number of benzene rings is 1. The van der Waals surface area contributed by atoms with Crippen molar-refractivity contribution in [3.05, 3.63) is 35.9 Å². The summed E-state index contributed by atoms with van der Waals surface area (Å²) in [6.45, 7) is 2.58. The minimum atomic E-state index is -0.792. The second-order valence-corrected chi connectivity index (χ2v) is 4.16. The van der Waals surface area contributed by atoms with Crippen LogP contribution in [0.25, 0.3) is 0 Å². The lowest BCUT2D eigenvalue weighted by Gasteiger charge is -2.15. The Hall–Kier alpha value is -1.35. The highest BCUT2D eigenvalue weighted by molar-refractivity contribution is 5.67. The van der Waals surface area contributed by atoms with Crippen LogP contribution in [-0.2, 0) is 16.1 Å². The van der Waals surface area contributed by atoms with Gasteiger partial charge >= 0.3 is 5.97 Å². The molecule has 0 fully saturated rings. The van der Waals surface area contributed by atoms with E-state index >= 15 is 0 Å². The van der Waals surface area contributed by atoms with Gasteiger partial charge in [0.2, 0.25) is 0 Å². The average molecular weight is 236 g/mol. The number of carbonyl (C=O) groups is 1. The van der Waals surface area contributed by atoms with Gasteiger partial charge < -0.3 is 9.84 Å². The highest BCUT2D eigenvalue weighted by atomic mass is 16.5. The molecular formula is C14H20O3. The van der Waals surface area contributed by atoms with E-state index in [1.807, 2.05) is 30.3 Å². The standard InChI is InChI=1S/C14H20O3/c1-2-3-9-13(10-14(15)16)17-11-12-7-5-4-6-8-12/h4-8,13H,2-3,9-11H2,1H3,(H,15,16)/t13-/m0/s1. The summed E-state index contributed by atoms with van der Waals surface area (Å²) in [4.78, 5) is 10.7. The van der Waals surface area contributed by atoms with Gasteiger partial charge in [0.05, 0.1) is 19.1 Å². The molecule has 0 spiro atoms. The largest absolute Gasteiger partial charge is 0.481 e. The Morgan fingerprint density at radius 3 is 2.65 bits per heavy atom. The number of rotatable bonds is 8. The number of ether oxygens (including phenoxy) is 1. The average Bonchev–Trinajstić information content (AvgIpc) is 2.33. The lowest BCUT2D eigenvalue weighted by Crippen LogP contribution is -2.17. The van der Waals surface area contributed by atoms with Gasteiger partial charge in [0.25, 0.3) is 0 Å². The minimum absolute atomic E-state index is 0.0901. The Morgan fingerprint density at radius 2 is 2.06 bits per heavy atom. The zero-order valence-electron chi connectivity index (χ0n) is 10.3. The fourth-order valence-corrected chi connectivity index (χ4v) is 1.66. The zero-order chi connectivity index (χ0) is 12.5. The molecule has 1 aromatic rings. The molecule has 3 nitrogen and oxygen atoms in total. The van der Waals surface area contributed by atoms with E-state index in [4.69, 9.17) is 9.84 Å². The van der Waals surface area contributed by atoms with Crippen LogP contribution in [0.1, 0.15) is 38.2 Å². The lowest BCUT2D eigenvalue weighted by molar-refractivity contribution is -0.140. The zero-order valence-corrected chi connectivity index (χ0v) is 10.3. The Kier molecular flexibility index (Phi) is 6.33. The molecule has 0 heterocycles. The maximum Gasteiger partial charge on any atom is 0.305 e. The maximum atomic E-state index is 10.7. The van der Waals surface area contributed by atoms with Crippen LogP contribution in [0.5, 0.6) is 0 Å². The summed E-state index contributed by atoms with van der Waals surface area (Å²) in [6.07, 6.45) is 2.80. The quantitative estimate of drug-likeness (QED) is 0.753. The molecule has 1 atom stereocenters. The van der Waals surface area contributed by atoms with Crippen LogP contribution in [0, 0.1) is 0 Å². The van der Waals surface area contributed by atoms with Crippen LogP contribution in [0.2, 0.25) is 0 Å². The van der Waals surface area contributed by atoms with Crippen molar-refractivity contribution in [2.24, 2.45) is 0 Å². The van der Waals surface area contributed by atoms with Crippen molar-refractivity contribution in [1.29, 1.82) is 0 Å². The fraction of sp³-hybridized carbons (Fsp3) is 0.500. The molecule has 1 aromatic carbocycles. The van der Waals surface area contributed by atoms with E-state index in [0.29, 0.717) is 6.61 Å². The molecule has 0 saturated heterocycles. The first-order valence-electron chi connectivity index (χ1n) is 6.09. The molecule has 1 rings (SSSR count). The van der Waals surface area contributed by atoms with Gasteiger partial charge in [-0.3, -0.25) is 4.79 Å². The number of hydrogen-bond acceptors (Lipinski definition) is 2. The van der Waals surface area contributed by atoms with E-state index in [0.717, 1.165) is 24.8 Å². The van der Waals surface area contributed by atoms with Crippen LogP contribution in [-0.4, -0.2) is 17.2 Å². The van der Waals surface area contributed by atoms with Crippen molar-refractivity contribution in [2.45, 2.75) is 45.3 Å². The summed E-state index contributed by atoms with van der Waals surface area (Å²) in [5.74, 6) is -0.792. The number of hydrogen-bond donors (Lipinski definition) is 1. The van der Waals surface area contributed by atoms with Crippen LogP contribution >= 0.6 is 0 Å². The van der Waals surface area contributed by atoms with E-state index in [2.05, 4.69) is 6.92 Å². The third-order valence-electron chi connectivity index (χ3n) is 2.61. The van der Waals surface area contributed by atoms with Crippen LogP contribution in [0.3, 0.4) is 0 Å². The van der Waals surface area contributed by atoms with Crippen LogP contribution in [0.4, 0.5) is 0 Å². The molecule has 94 valence electrons. The van der Waals surface area contributed by atoms with Crippen molar-refractivity contribution in [3.63, 3.8) is 0 Å². The van der Waals surface area contributed by atoms with Crippen molar-refractivity contribution < 1.29 is 14.6 Å². The second kappa shape index (κ2) is 7.85. The Labute approximate surface area is 102 Å².